The summed E-state index contributed by atoms with van der Waals surface area (Å²) in [6.07, 6.45) is 1.31. The number of carbonyl (C=O) groups excluding carboxylic acids is 1. The maximum absolute atomic E-state index is 13.6. The Morgan fingerprint density at radius 3 is 2.73 bits per heavy atom. The number of hydrogen-bond acceptors (Lipinski definition) is 1. The van der Waals surface area contributed by atoms with E-state index >= 15 is 0 Å². The van der Waals surface area contributed by atoms with E-state index in [1.54, 1.807) is 12.1 Å². The lowest BCUT2D eigenvalue weighted by Crippen LogP contribution is -2.10. The molecule has 1 saturated carbocycles. The molecule has 2 unspecified atom stereocenters. The van der Waals surface area contributed by atoms with E-state index in [-0.39, 0.29) is 23.4 Å². The molecule has 1 nitrogen and oxygen atoms in total. The quantitative estimate of drug-likeness (QED) is 0.716. The fraction of sp³-hybridized carbons (Fsp3) is 0.417. The summed E-state index contributed by atoms with van der Waals surface area (Å²) in [5.41, 5.74) is 0.623. The van der Waals surface area contributed by atoms with Gasteiger partial charge in [-0.25, -0.2) is 4.39 Å². The molecule has 0 radical (unpaired) electrons. The average molecular weight is 227 g/mol. The number of rotatable bonds is 1. The third-order valence-electron chi connectivity index (χ3n) is 3.18. The van der Waals surface area contributed by atoms with Gasteiger partial charge in [0.15, 0.2) is 0 Å². The molecule has 0 N–H and O–H groups in total. The lowest BCUT2D eigenvalue weighted by atomic mass is 9.89. The number of halogens is 2. The molecule has 0 heterocycles. The van der Waals surface area contributed by atoms with Gasteiger partial charge in [0.1, 0.15) is 11.6 Å². The van der Waals surface area contributed by atoms with Crippen LogP contribution in [0, 0.1) is 11.7 Å². The summed E-state index contributed by atoms with van der Waals surface area (Å²) in [5.74, 6) is -0.112. The van der Waals surface area contributed by atoms with Gasteiger partial charge in [0.2, 0.25) is 0 Å². The van der Waals surface area contributed by atoms with Crippen LogP contribution in [0.4, 0.5) is 4.39 Å². The highest BCUT2D eigenvalue weighted by Gasteiger charge is 2.33. The van der Waals surface area contributed by atoms with E-state index in [1.165, 1.54) is 6.07 Å². The molecule has 0 saturated heterocycles. The minimum atomic E-state index is -0.297. The highest BCUT2D eigenvalue weighted by atomic mass is 35.5. The summed E-state index contributed by atoms with van der Waals surface area (Å²) in [6, 6.07) is 4.68. The van der Waals surface area contributed by atoms with Gasteiger partial charge in [-0.15, -0.1) is 0 Å². The molecule has 2 atom stereocenters. The van der Waals surface area contributed by atoms with E-state index in [9.17, 15) is 9.18 Å². The molecule has 1 fully saturated rings. The number of carbonyl (C=O) groups is 1. The number of hydrogen-bond donors (Lipinski definition) is 0. The van der Waals surface area contributed by atoms with Crippen LogP contribution < -0.4 is 0 Å². The molecule has 1 aromatic carbocycles. The highest BCUT2D eigenvalue weighted by molar-refractivity contribution is 6.30. The van der Waals surface area contributed by atoms with E-state index in [1.807, 2.05) is 6.92 Å². The van der Waals surface area contributed by atoms with Crippen molar-refractivity contribution in [3.8, 4) is 0 Å². The fourth-order valence-electron chi connectivity index (χ4n) is 2.23. The smallest absolute Gasteiger partial charge is 0.136 e. The van der Waals surface area contributed by atoms with Crippen LogP contribution in [-0.2, 0) is 4.79 Å². The molecule has 0 bridgehead atoms. The zero-order chi connectivity index (χ0) is 11.0. The molecule has 1 aliphatic rings. The van der Waals surface area contributed by atoms with Crippen molar-refractivity contribution in [2.24, 2.45) is 5.92 Å². The molecule has 1 aliphatic carbocycles. The monoisotopic (exact) mass is 226 g/mol. The molecule has 0 spiro atoms. The van der Waals surface area contributed by atoms with Crippen molar-refractivity contribution in [1.82, 2.24) is 0 Å². The summed E-state index contributed by atoms with van der Waals surface area (Å²) in [4.78, 5) is 11.4. The Hall–Kier alpha value is -0.890. The average Bonchev–Trinajstić information content (AvgIpc) is 2.49. The van der Waals surface area contributed by atoms with Crippen molar-refractivity contribution < 1.29 is 9.18 Å². The van der Waals surface area contributed by atoms with Crippen molar-refractivity contribution >= 4 is 17.4 Å². The second kappa shape index (κ2) is 3.93. The van der Waals surface area contributed by atoms with Crippen LogP contribution in [0.1, 0.15) is 31.2 Å². The van der Waals surface area contributed by atoms with Gasteiger partial charge in [0, 0.05) is 17.4 Å². The van der Waals surface area contributed by atoms with Gasteiger partial charge in [-0.3, -0.25) is 4.79 Å². The maximum atomic E-state index is 13.6. The normalized spacial score (nSPS) is 25.9. The Balaban J connectivity index is 2.34. The Morgan fingerprint density at radius 1 is 1.47 bits per heavy atom. The SMILES string of the molecule is CC1C(=O)CCC1c1ccc(Cl)cc1F. The van der Waals surface area contributed by atoms with E-state index in [0.717, 1.165) is 6.42 Å². The third-order valence-corrected chi connectivity index (χ3v) is 3.41. The second-order valence-corrected chi connectivity index (χ2v) is 4.50. The number of Topliss-reactive ketones (excluding diaryl/α,β-unsaturated/α-hetero) is 1. The van der Waals surface area contributed by atoms with Crippen LogP contribution >= 0.6 is 11.6 Å². The molecule has 15 heavy (non-hydrogen) atoms. The first-order chi connectivity index (χ1) is 7.09. The number of ketones is 1. The Labute approximate surface area is 93.2 Å². The Kier molecular flexibility index (Phi) is 2.79. The van der Waals surface area contributed by atoms with Gasteiger partial charge < -0.3 is 0 Å². The summed E-state index contributed by atoms with van der Waals surface area (Å²) in [5, 5.41) is 0.397. The number of benzene rings is 1. The first-order valence-corrected chi connectivity index (χ1v) is 5.45. The molecule has 80 valence electrons. The fourth-order valence-corrected chi connectivity index (χ4v) is 2.39. The lowest BCUT2D eigenvalue weighted by molar-refractivity contribution is -0.120. The van der Waals surface area contributed by atoms with E-state index < -0.39 is 0 Å². The second-order valence-electron chi connectivity index (χ2n) is 4.07. The minimum absolute atomic E-state index is 0.0229. The van der Waals surface area contributed by atoms with Crippen molar-refractivity contribution in [1.29, 1.82) is 0 Å². The standard InChI is InChI=1S/C12H12ClFO/c1-7-9(4-5-12(7)15)10-3-2-8(13)6-11(10)14/h2-3,6-7,9H,4-5H2,1H3. The van der Waals surface area contributed by atoms with Crippen LogP contribution in [0.15, 0.2) is 18.2 Å². The van der Waals surface area contributed by atoms with Gasteiger partial charge in [0.25, 0.3) is 0 Å². The molecule has 3 heteroatoms. The van der Waals surface area contributed by atoms with E-state index in [2.05, 4.69) is 0 Å². The molecular formula is C12H12ClFO. The molecule has 0 aromatic heterocycles. The van der Waals surface area contributed by atoms with Gasteiger partial charge in [0.05, 0.1) is 0 Å². The third kappa shape index (κ3) is 1.91. The van der Waals surface area contributed by atoms with Crippen molar-refractivity contribution in [2.45, 2.75) is 25.7 Å². The van der Waals surface area contributed by atoms with Crippen LogP contribution in [0.5, 0.6) is 0 Å². The zero-order valence-corrected chi connectivity index (χ0v) is 9.22. The largest absolute Gasteiger partial charge is 0.299 e. The van der Waals surface area contributed by atoms with Crippen LogP contribution in [0.2, 0.25) is 5.02 Å². The predicted octanol–water partition coefficient (Wildman–Crippen LogP) is 3.56. The van der Waals surface area contributed by atoms with Gasteiger partial charge in [-0.2, -0.15) is 0 Å². The summed E-state index contributed by atoms with van der Waals surface area (Å²) >= 11 is 5.68. The summed E-state index contributed by atoms with van der Waals surface area (Å²) < 4.78 is 13.6. The molecule has 0 amide bonds. The van der Waals surface area contributed by atoms with Crippen LogP contribution in [0.3, 0.4) is 0 Å². The van der Waals surface area contributed by atoms with Gasteiger partial charge in [-0.05, 0) is 30.0 Å². The summed E-state index contributed by atoms with van der Waals surface area (Å²) in [6.45, 7) is 1.87. The van der Waals surface area contributed by atoms with Gasteiger partial charge in [-0.1, -0.05) is 24.6 Å². The highest BCUT2D eigenvalue weighted by Crippen LogP contribution is 2.38. The summed E-state index contributed by atoms with van der Waals surface area (Å²) in [7, 11) is 0. The van der Waals surface area contributed by atoms with E-state index in [4.69, 9.17) is 11.6 Å². The maximum Gasteiger partial charge on any atom is 0.136 e. The van der Waals surface area contributed by atoms with E-state index in [0.29, 0.717) is 17.0 Å². The minimum Gasteiger partial charge on any atom is -0.299 e. The molecule has 0 aliphatic heterocycles. The first kappa shape index (κ1) is 10.6. The van der Waals surface area contributed by atoms with Crippen molar-refractivity contribution in [3.05, 3.63) is 34.6 Å². The Morgan fingerprint density at radius 2 is 2.20 bits per heavy atom. The predicted molar refractivity (Wildman–Crippen MR) is 57.6 cm³/mol. The van der Waals surface area contributed by atoms with Crippen LogP contribution in [-0.4, -0.2) is 5.78 Å². The van der Waals surface area contributed by atoms with Crippen molar-refractivity contribution in [3.63, 3.8) is 0 Å². The molecule has 1 aromatic rings. The van der Waals surface area contributed by atoms with Crippen molar-refractivity contribution in [2.75, 3.05) is 0 Å². The zero-order valence-electron chi connectivity index (χ0n) is 8.47. The lowest BCUT2D eigenvalue weighted by Gasteiger charge is -2.15. The van der Waals surface area contributed by atoms with Gasteiger partial charge >= 0.3 is 0 Å². The molecular weight excluding hydrogens is 215 g/mol. The Bertz CT molecular complexity index is 403. The van der Waals surface area contributed by atoms with Crippen LogP contribution in [0.25, 0.3) is 0 Å². The molecule has 2 rings (SSSR count). The topological polar surface area (TPSA) is 17.1 Å². The first-order valence-electron chi connectivity index (χ1n) is 5.07.